The first kappa shape index (κ1) is 11.0. The van der Waals surface area contributed by atoms with E-state index in [1.807, 2.05) is 0 Å². The van der Waals surface area contributed by atoms with Crippen LogP contribution in [0.15, 0.2) is 18.2 Å². The van der Waals surface area contributed by atoms with Crippen molar-refractivity contribution in [1.29, 1.82) is 0 Å². The molecule has 0 radical (unpaired) electrons. The summed E-state index contributed by atoms with van der Waals surface area (Å²) < 4.78 is 15.1. The van der Waals surface area contributed by atoms with E-state index in [-0.39, 0.29) is 23.0 Å². The first-order valence-electron chi connectivity index (χ1n) is 4.68. The van der Waals surface area contributed by atoms with Crippen LogP contribution in [0.3, 0.4) is 0 Å². The number of rotatable bonds is 2. The highest BCUT2D eigenvalue weighted by molar-refractivity contribution is 6.33. The number of hydrogen-bond donors (Lipinski definition) is 1. The molecule has 6 heteroatoms. The molecule has 0 bridgehead atoms. The van der Waals surface area contributed by atoms with E-state index < -0.39 is 5.82 Å². The summed E-state index contributed by atoms with van der Waals surface area (Å²) in [6, 6.07) is 4.45. The van der Waals surface area contributed by atoms with Gasteiger partial charge in [0.25, 0.3) is 0 Å². The minimum absolute atomic E-state index is 0.208. The zero-order valence-corrected chi connectivity index (χ0v) is 9.37. The SMILES string of the molecule is Cn1nc(-c2c(F)cccc2Cl)nc1CN. The summed E-state index contributed by atoms with van der Waals surface area (Å²) in [4.78, 5) is 4.12. The Morgan fingerprint density at radius 1 is 1.50 bits per heavy atom. The molecule has 0 aliphatic rings. The average Bonchev–Trinajstić information content (AvgIpc) is 2.59. The maximum absolute atomic E-state index is 13.6. The average molecular weight is 241 g/mol. The van der Waals surface area contributed by atoms with Crippen molar-refractivity contribution in [3.63, 3.8) is 0 Å². The summed E-state index contributed by atoms with van der Waals surface area (Å²) in [6.45, 7) is 0.246. The summed E-state index contributed by atoms with van der Waals surface area (Å²) in [5.74, 6) is 0.391. The molecule has 4 nitrogen and oxygen atoms in total. The van der Waals surface area contributed by atoms with Gasteiger partial charge in [-0.05, 0) is 12.1 Å². The fourth-order valence-corrected chi connectivity index (χ4v) is 1.66. The molecular weight excluding hydrogens is 231 g/mol. The molecule has 0 fully saturated rings. The van der Waals surface area contributed by atoms with Crippen molar-refractivity contribution in [3.8, 4) is 11.4 Å². The van der Waals surface area contributed by atoms with Gasteiger partial charge in [-0.15, -0.1) is 0 Å². The lowest BCUT2D eigenvalue weighted by Gasteiger charge is -1.99. The van der Waals surface area contributed by atoms with Crippen LogP contribution in [0.4, 0.5) is 4.39 Å². The first-order chi connectivity index (χ1) is 7.63. The maximum Gasteiger partial charge on any atom is 0.185 e. The number of aromatic nitrogens is 3. The lowest BCUT2D eigenvalue weighted by Crippen LogP contribution is -2.05. The Balaban J connectivity index is 2.58. The van der Waals surface area contributed by atoms with Gasteiger partial charge in [-0.3, -0.25) is 4.68 Å². The van der Waals surface area contributed by atoms with Crippen LogP contribution in [0.2, 0.25) is 5.02 Å². The molecule has 1 heterocycles. The van der Waals surface area contributed by atoms with Crippen LogP contribution in [-0.2, 0) is 13.6 Å². The van der Waals surface area contributed by atoms with Crippen molar-refractivity contribution in [1.82, 2.24) is 14.8 Å². The van der Waals surface area contributed by atoms with Gasteiger partial charge in [0.2, 0.25) is 0 Å². The van der Waals surface area contributed by atoms with Crippen LogP contribution in [-0.4, -0.2) is 14.8 Å². The van der Waals surface area contributed by atoms with Crippen LogP contribution in [0.5, 0.6) is 0 Å². The van der Waals surface area contributed by atoms with E-state index in [0.717, 1.165) is 0 Å². The van der Waals surface area contributed by atoms with Crippen LogP contribution in [0.25, 0.3) is 11.4 Å². The number of aryl methyl sites for hydroxylation is 1. The van der Waals surface area contributed by atoms with Crippen molar-refractivity contribution in [2.75, 3.05) is 0 Å². The molecule has 2 N–H and O–H groups in total. The highest BCUT2D eigenvalue weighted by Crippen LogP contribution is 2.27. The summed E-state index contributed by atoms with van der Waals surface area (Å²) in [7, 11) is 1.70. The number of nitrogens with zero attached hydrogens (tertiary/aromatic N) is 3. The Hall–Kier alpha value is -1.46. The lowest BCUT2D eigenvalue weighted by molar-refractivity contribution is 0.629. The molecule has 16 heavy (non-hydrogen) atoms. The fraction of sp³-hybridized carbons (Fsp3) is 0.200. The molecule has 0 saturated carbocycles. The summed E-state index contributed by atoms with van der Waals surface area (Å²) >= 11 is 5.91. The van der Waals surface area contributed by atoms with E-state index in [1.165, 1.54) is 16.8 Å². The van der Waals surface area contributed by atoms with Crippen molar-refractivity contribution < 1.29 is 4.39 Å². The minimum atomic E-state index is -0.443. The van der Waals surface area contributed by atoms with E-state index in [4.69, 9.17) is 17.3 Å². The molecule has 0 amide bonds. The Morgan fingerprint density at radius 3 is 2.81 bits per heavy atom. The van der Waals surface area contributed by atoms with E-state index in [2.05, 4.69) is 10.1 Å². The van der Waals surface area contributed by atoms with Gasteiger partial charge in [-0.25, -0.2) is 9.37 Å². The molecule has 0 atom stereocenters. The molecule has 1 aromatic carbocycles. The van der Waals surface area contributed by atoms with Gasteiger partial charge >= 0.3 is 0 Å². The van der Waals surface area contributed by atoms with Crippen LogP contribution in [0.1, 0.15) is 5.82 Å². The van der Waals surface area contributed by atoms with Crippen molar-refractivity contribution in [2.24, 2.45) is 12.8 Å². The molecule has 0 aliphatic heterocycles. The molecule has 2 aromatic rings. The van der Waals surface area contributed by atoms with Gasteiger partial charge in [0.05, 0.1) is 17.1 Å². The monoisotopic (exact) mass is 240 g/mol. The van der Waals surface area contributed by atoms with Crippen molar-refractivity contribution in [3.05, 3.63) is 34.9 Å². The number of benzene rings is 1. The number of hydrogen-bond acceptors (Lipinski definition) is 3. The second kappa shape index (κ2) is 4.19. The largest absolute Gasteiger partial charge is 0.324 e. The first-order valence-corrected chi connectivity index (χ1v) is 5.05. The van der Waals surface area contributed by atoms with Gasteiger partial charge in [-0.2, -0.15) is 5.10 Å². The van der Waals surface area contributed by atoms with Crippen molar-refractivity contribution in [2.45, 2.75) is 6.54 Å². The molecule has 0 unspecified atom stereocenters. The molecule has 1 aromatic heterocycles. The molecule has 84 valence electrons. The maximum atomic E-state index is 13.6. The zero-order valence-electron chi connectivity index (χ0n) is 8.61. The molecular formula is C10H10ClFN4. The third-order valence-corrected chi connectivity index (χ3v) is 2.54. The third kappa shape index (κ3) is 1.79. The summed E-state index contributed by atoms with van der Waals surface area (Å²) in [5, 5.41) is 4.36. The predicted molar refractivity (Wildman–Crippen MR) is 59.3 cm³/mol. The van der Waals surface area contributed by atoms with Gasteiger partial charge in [-0.1, -0.05) is 17.7 Å². The Morgan fingerprint density at radius 2 is 2.25 bits per heavy atom. The van der Waals surface area contributed by atoms with Crippen LogP contribution in [0, 0.1) is 5.82 Å². The van der Waals surface area contributed by atoms with Crippen LogP contribution >= 0.6 is 11.6 Å². The van der Waals surface area contributed by atoms with Crippen LogP contribution < -0.4 is 5.73 Å². The smallest absolute Gasteiger partial charge is 0.185 e. The van der Waals surface area contributed by atoms with E-state index in [9.17, 15) is 4.39 Å². The minimum Gasteiger partial charge on any atom is -0.324 e. The van der Waals surface area contributed by atoms with Gasteiger partial charge in [0, 0.05) is 7.05 Å². The molecule has 0 spiro atoms. The predicted octanol–water partition coefficient (Wildman–Crippen LogP) is 1.73. The van der Waals surface area contributed by atoms with Gasteiger partial charge < -0.3 is 5.73 Å². The third-order valence-electron chi connectivity index (χ3n) is 2.22. The standard InChI is InChI=1S/C10H10ClFN4/c1-16-8(5-13)14-10(15-16)9-6(11)3-2-4-7(9)12/h2-4H,5,13H2,1H3. The zero-order chi connectivity index (χ0) is 11.7. The molecule has 2 rings (SSSR count). The van der Waals surface area contributed by atoms with E-state index >= 15 is 0 Å². The number of halogens is 2. The lowest BCUT2D eigenvalue weighted by atomic mass is 10.2. The molecule has 0 saturated heterocycles. The van der Waals surface area contributed by atoms with E-state index in [1.54, 1.807) is 13.1 Å². The Bertz CT molecular complexity index is 503. The number of nitrogens with two attached hydrogens (primary N) is 1. The highest BCUT2D eigenvalue weighted by Gasteiger charge is 2.15. The van der Waals surface area contributed by atoms with Crippen molar-refractivity contribution >= 4 is 11.6 Å². The van der Waals surface area contributed by atoms with Gasteiger partial charge in [0.15, 0.2) is 5.82 Å². The topological polar surface area (TPSA) is 56.7 Å². The normalized spacial score (nSPS) is 10.8. The van der Waals surface area contributed by atoms with E-state index in [0.29, 0.717) is 5.82 Å². The highest BCUT2D eigenvalue weighted by atomic mass is 35.5. The summed E-state index contributed by atoms with van der Waals surface area (Å²) in [5.41, 5.74) is 5.68. The summed E-state index contributed by atoms with van der Waals surface area (Å²) in [6.07, 6.45) is 0. The fourth-order valence-electron chi connectivity index (χ4n) is 1.41. The second-order valence-electron chi connectivity index (χ2n) is 3.28. The molecule has 0 aliphatic carbocycles. The Kier molecular flexibility index (Phi) is 2.89. The Labute approximate surface area is 96.9 Å². The van der Waals surface area contributed by atoms with Gasteiger partial charge in [0.1, 0.15) is 11.6 Å². The quantitative estimate of drug-likeness (QED) is 0.870. The second-order valence-corrected chi connectivity index (χ2v) is 3.68.